The van der Waals surface area contributed by atoms with Crippen LogP contribution in [-0.4, -0.2) is 64.9 Å². The summed E-state index contributed by atoms with van der Waals surface area (Å²) in [7, 11) is 0. The van der Waals surface area contributed by atoms with Gasteiger partial charge in [-0.3, -0.25) is 14.7 Å². The topological polar surface area (TPSA) is 87.3 Å². The second-order valence-corrected chi connectivity index (χ2v) is 7.18. The maximum atomic E-state index is 12.8. The number of carbonyl (C=O) groups excluding carboxylic acids is 2. The van der Waals surface area contributed by atoms with E-state index in [9.17, 15) is 22.8 Å². The van der Waals surface area contributed by atoms with Crippen LogP contribution < -0.4 is 5.32 Å². The quantitative estimate of drug-likeness (QED) is 0.826. The maximum absolute atomic E-state index is 12.8. The molecule has 1 fully saturated rings. The molecule has 152 valence electrons. The number of aromatic nitrogens is 2. The van der Waals surface area contributed by atoms with Crippen molar-refractivity contribution in [2.24, 2.45) is 5.92 Å². The molecule has 1 saturated heterocycles. The van der Waals surface area contributed by atoms with E-state index in [1.165, 1.54) is 0 Å². The van der Waals surface area contributed by atoms with Crippen LogP contribution >= 0.6 is 0 Å². The van der Waals surface area contributed by atoms with Gasteiger partial charge in [-0.25, -0.2) is 0 Å². The van der Waals surface area contributed by atoms with Crippen LogP contribution in [0.25, 0.3) is 10.9 Å². The second-order valence-electron chi connectivity index (χ2n) is 7.18. The summed E-state index contributed by atoms with van der Waals surface area (Å²) in [5.74, 6) is -3.45. The number of alkyl halides is 3. The molecule has 2 heterocycles. The summed E-state index contributed by atoms with van der Waals surface area (Å²) in [6.07, 6.45) is -2.99. The van der Waals surface area contributed by atoms with Crippen molar-refractivity contribution in [1.29, 1.82) is 0 Å². The molecule has 0 saturated carbocycles. The first-order chi connectivity index (χ1) is 13.1. The molecule has 2 atom stereocenters. The maximum Gasteiger partial charge on any atom is 0.400 e. The number of nitrogens with zero attached hydrogens (tertiary/aromatic N) is 2. The van der Waals surface area contributed by atoms with E-state index in [-0.39, 0.29) is 25.6 Å². The van der Waals surface area contributed by atoms with E-state index >= 15 is 0 Å². The number of aromatic amines is 1. The lowest BCUT2D eigenvalue weighted by molar-refractivity contribution is -0.180. The zero-order valence-electron chi connectivity index (χ0n) is 15.5. The molecule has 1 aliphatic heterocycles. The van der Waals surface area contributed by atoms with Crippen molar-refractivity contribution in [3.63, 3.8) is 0 Å². The Morgan fingerprint density at radius 3 is 2.89 bits per heavy atom. The van der Waals surface area contributed by atoms with Gasteiger partial charge in [-0.15, -0.1) is 0 Å². The van der Waals surface area contributed by atoms with Gasteiger partial charge < -0.3 is 15.0 Å². The van der Waals surface area contributed by atoms with Crippen molar-refractivity contribution < 1.29 is 27.5 Å². The molecule has 1 aromatic carbocycles. The normalized spacial score (nSPS) is 21.5. The Balaban J connectivity index is 1.65. The zero-order chi connectivity index (χ0) is 20.5. The van der Waals surface area contributed by atoms with Crippen molar-refractivity contribution in [2.75, 3.05) is 26.2 Å². The number of rotatable bonds is 4. The first-order valence-corrected chi connectivity index (χ1v) is 8.80. The minimum Gasteiger partial charge on any atom is -0.370 e. The summed E-state index contributed by atoms with van der Waals surface area (Å²) in [6.45, 7) is 3.06. The summed E-state index contributed by atoms with van der Waals surface area (Å²) in [6, 6.07) is 5.16. The van der Waals surface area contributed by atoms with Crippen molar-refractivity contribution in [3.05, 3.63) is 30.0 Å². The summed E-state index contributed by atoms with van der Waals surface area (Å²) >= 11 is 0. The van der Waals surface area contributed by atoms with Crippen molar-refractivity contribution >= 4 is 22.7 Å². The number of carbonyl (C=O) groups is 2. The Morgan fingerprint density at radius 1 is 1.43 bits per heavy atom. The number of hydrogen-bond donors (Lipinski definition) is 2. The van der Waals surface area contributed by atoms with Gasteiger partial charge in [0.25, 0.3) is 5.91 Å². The van der Waals surface area contributed by atoms with Gasteiger partial charge in [0, 0.05) is 24.0 Å². The SMILES string of the molecule is CC(C(=O)NCC1(C)CN(C(=O)c2ccc3[nH]ncc3c2)CCO1)C(F)(F)F. The number of benzene rings is 1. The third kappa shape index (κ3) is 4.27. The molecule has 2 aromatic rings. The van der Waals surface area contributed by atoms with Gasteiger partial charge in [0.05, 0.1) is 24.9 Å². The minimum atomic E-state index is -4.61. The molecular weight excluding hydrogens is 377 g/mol. The third-order valence-corrected chi connectivity index (χ3v) is 4.83. The van der Waals surface area contributed by atoms with E-state index in [0.29, 0.717) is 12.1 Å². The van der Waals surface area contributed by atoms with E-state index in [0.717, 1.165) is 17.8 Å². The molecule has 2 amide bonds. The highest BCUT2D eigenvalue weighted by Gasteiger charge is 2.42. The lowest BCUT2D eigenvalue weighted by Crippen LogP contribution is -2.57. The molecular formula is C18H21F3N4O3. The van der Waals surface area contributed by atoms with Crippen LogP contribution in [0.5, 0.6) is 0 Å². The first kappa shape index (κ1) is 20.1. The smallest absolute Gasteiger partial charge is 0.370 e. The van der Waals surface area contributed by atoms with Crippen LogP contribution in [0, 0.1) is 5.92 Å². The Kier molecular flexibility index (Phi) is 5.33. The monoisotopic (exact) mass is 398 g/mol. The van der Waals surface area contributed by atoms with Gasteiger partial charge in [-0.2, -0.15) is 18.3 Å². The fourth-order valence-electron chi connectivity index (χ4n) is 3.05. The van der Waals surface area contributed by atoms with Crippen molar-refractivity contribution in [1.82, 2.24) is 20.4 Å². The predicted octanol–water partition coefficient (Wildman–Crippen LogP) is 2.11. The molecule has 0 spiro atoms. The molecule has 2 N–H and O–H groups in total. The van der Waals surface area contributed by atoms with Crippen LogP contribution in [0.15, 0.2) is 24.4 Å². The molecule has 7 nitrogen and oxygen atoms in total. The Bertz CT molecular complexity index is 882. The van der Waals surface area contributed by atoms with Crippen LogP contribution in [0.1, 0.15) is 24.2 Å². The molecule has 0 bridgehead atoms. The molecule has 0 radical (unpaired) electrons. The van der Waals surface area contributed by atoms with Crippen LogP contribution in [0.3, 0.4) is 0 Å². The molecule has 0 aliphatic carbocycles. The average Bonchev–Trinajstić information content (AvgIpc) is 3.12. The number of amides is 2. The first-order valence-electron chi connectivity index (χ1n) is 8.80. The lowest BCUT2D eigenvalue weighted by Gasteiger charge is -2.40. The lowest BCUT2D eigenvalue weighted by atomic mass is 10.0. The summed E-state index contributed by atoms with van der Waals surface area (Å²) in [5, 5.41) is 9.82. The third-order valence-electron chi connectivity index (χ3n) is 4.83. The number of halogens is 3. The van der Waals surface area contributed by atoms with Gasteiger partial charge in [-0.05, 0) is 32.0 Å². The summed E-state index contributed by atoms with van der Waals surface area (Å²) in [5.41, 5.74) is 0.312. The van der Waals surface area contributed by atoms with E-state index < -0.39 is 23.6 Å². The number of H-pyrrole nitrogens is 1. The largest absolute Gasteiger partial charge is 0.400 e. The molecule has 3 rings (SSSR count). The van der Waals surface area contributed by atoms with Crippen molar-refractivity contribution in [2.45, 2.75) is 25.6 Å². The molecule has 1 aromatic heterocycles. The number of nitrogens with one attached hydrogen (secondary N) is 2. The van der Waals surface area contributed by atoms with Crippen LogP contribution in [0.2, 0.25) is 0 Å². The second kappa shape index (κ2) is 7.42. The number of ether oxygens (including phenoxy) is 1. The molecule has 28 heavy (non-hydrogen) atoms. The van der Waals surface area contributed by atoms with Crippen LogP contribution in [0.4, 0.5) is 13.2 Å². The van der Waals surface area contributed by atoms with E-state index in [2.05, 4.69) is 15.5 Å². The summed E-state index contributed by atoms with van der Waals surface area (Å²) in [4.78, 5) is 26.1. The van der Waals surface area contributed by atoms with Gasteiger partial charge in [0.1, 0.15) is 11.5 Å². The molecule has 2 unspecified atom stereocenters. The summed E-state index contributed by atoms with van der Waals surface area (Å²) < 4.78 is 43.6. The number of morpholine rings is 1. The number of hydrogen-bond acceptors (Lipinski definition) is 4. The van der Waals surface area contributed by atoms with Gasteiger partial charge in [-0.1, -0.05) is 0 Å². The highest BCUT2D eigenvalue weighted by atomic mass is 19.4. The standard InChI is InChI=1S/C18H21F3N4O3/c1-11(18(19,20)21)15(26)22-9-17(2)10-25(5-6-28-17)16(27)12-3-4-14-13(7-12)8-23-24-14/h3-4,7-8,11H,5-6,9-10H2,1-2H3,(H,22,26)(H,23,24). The highest BCUT2D eigenvalue weighted by molar-refractivity contribution is 5.98. The van der Waals surface area contributed by atoms with E-state index in [4.69, 9.17) is 4.74 Å². The Hall–Kier alpha value is -2.62. The van der Waals surface area contributed by atoms with Gasteiger partial charge in [0.2, 0.25) is 5.91 Å². The molecule has 1 aliphatic rings. The predicted molar refractivity (Wildman–Crippen MR) is 94.6 cm³/mol. The highest BCUT2D eigenvalue weighted by Crippen LogP contribution is 2.26. The Labute approximate surface area is 159 Å². The van der Waals surface area contributed by atoms with Gasteiger partial charge in [0.15, 0.2) is 0 Å². The fraction of sp³-hybridized carbons (Fsp3) is 0.500. The Morgan fingerprint density at radius 2 is 2.18 bits per heavy atom. The fourth-order valence-corrected chi connectivity index (χ4v) is 3.05. The van der Waals surface area contributed by atoms with Crippen molar-refractivity contribution in [3.8, 4) is 0 Å². The zero-order valence-corrected chi connectivity index (χ0v) is 15.5. The minimum absolute atomic E-state index is 0.128. The van der Waals surface area contributed by atoms with E-state index in [1.807, 2.05) is 0 Å². The van der Waals surface area contributed by atoms with E-state index in [1.54, 1.807) is 36.2 Å². The van der Waals surface area contributed by atoms with Gasteiger partial charge >= 0.3 is 6.18 Å². The molecule has 10 heteroatoms. The average molecular weight is 398 g/mol. The van der Waals surface area contributed by atoms with Crippen LogP contribution in [-0.2, 0) is 9.53 Å². The number of fused-ring (bicyclic) bond motifs is 1.